The molecule has 0 unspecified atom stereocenters. The molecule has 40 heavy (non-hydrogen) atoms. The minimum Gasteiger partial charge on any atom is -0.481 e. The van der Waals surface area contributed by atoms with Crippen LogP contribution < -0.4 is 0 Å². The highest BCUT2D eigenvalue weighted by Gasteiger charge is 2.14. The van der Waals surface area contributed by atoms with E-state index in [1.54, 1.807) is 22.3 Å². The normalized spacial score (nSPS) is 11.2. The second-order valence-corrected chi connectivity index (χ2v) is 12.0. The van der Waals surface area contributed by atoms with Crippen LogP contribution in [0.1, 0.15) is 177 Å². The fraction of sp³-hybridized carbons (Fsp3) is 0.778. The molecular weight excluding hydrogens is 496 g/mol. The average Bonchev–Trinajstić information content (AvgIpc) is 2.92. The molecule has 0 aliphatic rings. The summed E-state index contributed by atoms with van der Waals surface area (Å²) < 4.78 is 0. The van der Waals surface area contributed by atoms with Gasteiger partial charge in [-0.2, -0.15) is 0 Å². The van der Waals surface area contributed by atoms with Gasteiger partial charge in [0.15, 0.2) is 0 Å². The highest BCUT2D eigenvalue weighted by Crippen LogP contribution is 2.28. The highest BCUT2D eigenvalue weighted by molar-refractivity contribution is 5.66. The van der Waals surface area contributed by atoms with E-state index in [1.807, 2.05) is 0 Å². The Labute approximate surface area is 246 Å². The first-order chi connectivity index (χ1) is 19.5. The number of hydrogen-bond acceptors (Lipinski definition) is 2. The summed E-state index contributed by atoms with van der Waals surface area (Å²) in [6.07, 6.45) is 29.1. The molecule has 4 nitrogen and oxygen atoms in total. The maximum absolute atomic E-state index is 10.8. The van der Waals surface area contributed by atoms with Crippen molar-refractivity contribution in [3.05, 3.63) is 34.4 Å². The zero-order chi connectivity index (χ0) is 29.3. The predicted octanol–water partition coefficient (Wildman–Crippen LogP) is 10.6. The van der Waals surface area contributed by atoms with E-state index in [2.05, 4.69) is 26.0 Å². The third-order valence-corrected chi connectivity index (χ3v) is 8.36. The van der Waals surface area contributed by atoms with Crippen LogP contribution >= 0.6 is 0 Å². The first kappa shape index (κ1) is 36.2. The molecule has 0 heterocycles. The van der Waals surface area contributed by atoms with Crippen LogP contribution in [-0.2, 0) is 35.3 Å². The van der Waals surface area contributed by atoms with Crippen LogP contribution in [0.5, 0.6) is 0 Å². The van der Waals surface area contributed by atoms with E-state index in [9.17, 15) is 9.59 Å². The molecule has 0 saturated heterocycles. The molecule has 0 saturated carbocycles. The van der Waals surface area contributed by atoms with E-state index in [1.165, 1.54) is 103 Å². The quantitative estimate of drug-likeness (QED) is 0.100. The minimum atomic E-state index is -0.681. The molecule has 0 bridgehead atoms. The summed E-state index contributed by atoms with van der Waals surface area (Å²) in [5, 5.41) is 17.8. The standard InChI is InChI=1S/C36H62O4/c1-3-5-7-9-13-19-25-33-31(23-17-8-6-4-2)29-30-32(24-18-12-10-15-21-27-35(37)38)34(33)26-20-14-11-16-22-28-36(39)40/h29-30H,3-28H2,1-2H3,(H,37,38)(H,39,40). The van der Waals surface area contributed by atoms with Gasteiger partial charge >= 0.3 is 11.9 Å². The summed E-state index contributed by atoms with van der Waals surface area (Å²) in [5.74, 6) is -1.36. The number of hydrogen-bond donors (Lipinski definition) is 2. The molecule has 0 aliphatic heterocycles. The number of aliphatic carboxylic acids is 2. The zero-order valence-corrected chi connectivity index (χ0v) is 26.3. The molecule has 0 aromatic heterocycles. The number of carbonyl (C=O) groups is 2. The van der Waals surface area contributed by atoms with E-state index in [0.29, 0.717) is 12.8 Å². The van der Waals surface area contributed by atoms with Gasteiger partial charge in [0.2, 0.25) is 0 Å². The van der Waals surface area contributed by atoms with Crippen LogP contribution in [0.3, 0.4) is 0 Å². The van der Waals surface area contributed by atoms with Crippen LogP contribution in [0.15, 0.2) is 12.1 Å². The van der Waals surface area contributed by atoms with Gasteiger partial charge in [-0.05, 0) is 86.5 Å². The van der Waals surface area contributed by atoms with Gasteiger partial charge in [-0.15, -0.1) is 0 Å². The van der Waals surface area contributed by atoms with E-state index < -0.39 is 11.9 Å². The second-order valence-electron chi connectivity index (χ2n) is 12.0. The van der Waals surface area contributed by atoms with Gasteiger partial charge in [-0.25, -0.2) is 0 Å². The Kier molecular flexibility index (Phi) is 22.5. The first-order valence-corrected chi connectivity index (χ1v) is 17.1. The van der Waals surface area contributed by atoms with Gasteiger partial charge < -0.3 is 10.2 Å². The van der Waals surface area contributed by atoms with Crippen LogP contribution in [0.4, 0.5) is 0 Å². The Hall–Kier alpha value is -1.84. The molecule has 0 spiro atoms. The van der Waals surface area contributed by atoms with Crippen molar-refractivity contribution in [2.75, 3.05) is 0 Å². The van der Waals surface area contributed by atoms with Crippen LogP contribution in [0.25, 0.3) is 0 Å². The van der Waals surface area contributed by atoms with Gasteiger partial charge in [0.05, 0.1) is 0 Å². The lowest BCUT2D eigenvalue weighted by atomic mass is 9.85. The first-order valence-electron chi connectivity index (χ1n) is 17.1. The topological polar surface area (TPSA) is 74.6 Å². The maximum atomic E-state index is 10.8. The van der Waals surface area contributed by atoms with Crippen molar-refractivity contribution in [1.29, 1.82) is 0 Å². The molecule has 0 fully saturated rings. The lowest BCUT2D eigenvalue weighted by molar-refractivity contribution is -0.138. The Bertz CT molecular complexity index is 785. The van der Waals surface area contributed by atoms with Crippen molar-refractivity contribution >= 4 is 11.9 Å². The average molecular weight is 559 g/mol. The van der Waals surface area contributed by atoms with Crippen LogP contribution in [0, 0.1) is 0 Å². The Balaban J connectivity index is 2.89. The number of aryl methyl sites for hydroxylation is 2. The molecule has 1 rings (SSSR count). The van der Waals surface area contributed by atoms with E-state index in [-0.39, 0.29) is 0 Å². The number of carboxylic acid groups (broad SMARTS) is 2. The predicted molar refractivity (Wildman–Crippen MR) is 169 cm³/mol. The number of benzene rings is 1. The van der Waals surface area contributed by atoms with Crippen molar-refractivity contribution < 1.29 is 19.8 Å². The van der Waals surface area contributed by atoms with Gasteiger partial charge in [-0.1, -0.05) is 116 Å². The van der Waals surface area contributed by atoms with Gasteiger partial charge in [-0.3, -0.25) is 9.59 Å². The smallest absolute Gasteiger partial charge is 0.303 e. The van der Waals surface area contributed by atoms with Crippen molar-refractivity contribution in [1.82, 2.24) is 0 Å². The summed E-state index contributed by atoms with van der Waals surface area (Å²) in [5.41, 5.74) is 6.45. The molecule has 4 heteroatoms. The minimum absolute atomic E-state index is 0.294. The molecule has 1 aromatic carbocycles. The third-order valence-electron chi connectivity index (χ3n) is 8.36. The number of unbranched alkanes of at least 4 members (excludes halogenated alkanes) is 16. The SMILES string of the molecule is CCCCCCCCc1c(CCCCCC)ccc(CCCCCCCC(=O)O)c1CCCCCCCC(=O)O. The largest absolute Gasteiger partial charge is 0.481 e. The van der Waals surface area contributed by atoms with Crippen molar-refractivity contribution in [3.63, 3.8) is 0 Å². The lowest BCUT2D eigenvalue weighted by Gasteiger charge is -2.20. The van der Waals surface area contributed by atoms with Crippen LogP contribution in [0.2, 0.25) is 0 Å². The Morgan fingerprint density at radius 3 is 1.12 bits per heavy atom. The highest BCUT2D eigenvalue weighted by atomic mass is 16.4. The fourth-order valence-corrected chi connectivity index (χ4v) is 5.94. The molecule has 0 aliphatic carbocycles. The fourth-order valence-electron chi connectivity index (χ4n) is 5.94. The third kappa shape index (κ3) is 18.5. The van der Waals surface area contributed by atoms with Crippen LogP contribution in [-0.4, -0.2) is 22.2 Å². The molecule has 0 atom stereocenters. The van der Waals surface area contributed by atoms with Crippen molar-refractivity contribution in [3.8, 4) is 0 Å². The van der Waals surface area contributed by atoms with Crippen molar-refractivity contribution in [2.24, 2.45) is 0 Å². The molecule has 0 radical (unpaired) electrons. The van der Waals surface area contributed by atoms with E-state index in [4.69, 9.17) is 10.2 Å². The van der Waals surface area contributed by atoms with E-state index in [0.717, 1.165) is 51.4 Å². The maximum Gasteiger partial charge on any atom is 0.303 e. The molecular formula is C36H62O4. The van der Waals surface area contributed by atoms with Gasteiger partial charge in [0.1, 0.15) is 0 Å². The molecule has 1 aromatic rings. The molecule has 230 valence electrons. The Morgan fingerprint density at radius 1 is 0.450 bits per heavy atom. The summed E-state index contributed by atoms with van der Waals surface area (Å²) in [6.45, 7) is 4.57. The summed E-state index contributed by atoms with van der Waals surface area (Å²) in [7, 11) is 0. The van der Waals surface area contributed by atoms with Gasteiger partial charge in [0.25, 0.3) is 0 Å². The van der Waals surface area contributed by atoms with Gasteiger partial charge in [0, 0.05) is 12.8 Å². The summed E-state index contributed by atoms with van der Waals surface area (Å²) >= 11 is 0. The molecule has 2 N–H and O–H groups in total. The van der Waals surface area contributed by atoms with E-state index >= 15 is 0 Å². The molecule has 0 amide bonds. The summed E-state index contributed by atoms with van der Waals surface area (Å²) in [4.78, 5) is 21.6. The second kappa shape index (κ2) is 24.9. The number of carboxylic acids is 2. The number of rotatable bonds is 28. The lowest BCUT2D eigenvalue weighted by Crippen LogP contribution is -2.07. The monoisotopic (exact) mass is 558 g/mol. The van der Waals surface area contributed by atoms with Crippen molar-refractivity contribution in [2.45, 2.75) is 181 Å². The summed E-state index contributed by atoms with van der Waals surface area (Å²) in [6, 6.07) is 4.89. The zero-order valence-electron chi connectivity index (χ0n) is 26.3. The Morgan fingerprint density at radius 2 is 0.750 bits per heavy atom.